The maximum atomic E-state index is 10.9. The minimum atomic E-state index is -0.891. The van der Waals surface area contributed by atoms with Gasteiger partial charge in [0.05, 0.1) is 0 Å². The van der Waals surface area contributed by atoms with Crippen molar-refractivity contribution in [1.82, 2.24) is 0 Å². The lowest BCUT2D eigenvalue weighted by Crippen LogP contribution is -2.22. The van der Waals surface area contributed by atoms with Crippen LogP contribution in [0.4, 0.5) is 0 Å². The van der Waals surface area contributed by atoms with Gasteiger partial charge in [-0.15, -0.1) is 0 Å². The summed E-state index contributed by atoms with van der Waals surface area (Å²) < 4.78 is 10.3. The second kappa shape index (κ2) is 2.85. The molecule has 1 fully saturated rings. The average molecular weight is 178 g/mol. The Bertz CT molecular complexity index is 320. The second-order valence-corrected chi connectivity index (χ2v) is 3.07. The van der Waals surface area contributed by atoms with E-state index in [1.165, 1.54) is 0 Å². The van der Waals surface area contributed by atoms with Crippen LogP contribution in [-0.2, 0) is 20.1 Å². The van der Waals surface area contributed by atoms with Gasteiger partial charge in [0.1, 0.15) is 6.61 Å². The fourth-order valence-electron chi connectivity index (χ4n) is 1.36. The molecule has 1 unspecified atom stereocenters. The van der Waals surface area contributed by atoms with Crippen LogP contribution in [0.2, 0.25) is 0 Å². The molecule has 0 N–H and O–H groups in total. The molecular formula is C10H10O3. The van der Waals surface area contributed by atoms with Gasteiger partial charge in [-0.05, 0) is 0 Å². The van der Waals surface area contributed by atoms with E-state index in [1.54, 1.807) is 6.92 Å². The Balaban J connectivity index is 2.31. The lowest BCUT2D eigenvalue weighted by molar-refractivity contribution is -0.170. The van der Waals surface area contributed by atoms with Crippen LogP contribution < -0.4 is 0 Å². The standard InChI is InChI=1S/C10H10O3/c1-10(12-7-9(11)13-10)8-5-3-2-4-6-8/h2-6H,7H2,1H3. The predicted octanol–water partition coefficient (Wildman–Crippen LogP) is 1.43. The smallest absolute Gasteiger partial charge is 0.335 e. The van der Waals surface area contributed by atoms with Crippen LogP contribution in [0.25, 0.3) is 0 Å². The first kappa shape index (κ1) is 8.26. The van der Waals surface area contributed by atoms with Crippen molar-refractivity contribution < 1.29 is 14.3 Å². The zero-order valence-corrected chi connectivity index (χ0v) is 7.32. The molecule has 68 valence electrons. The SMILES string of the molecule is CC1(c2ccccc2)OCC(=O)O1. The summed E-state index contributed by atoms with van der Waals surface area (Å²) in [5.74, 6) is -1.20. The van der Waals surface area contributed by atoms with Crippen LogP contribution in [0.15, 0.2) is 30.3 Å². The molecule has 1 saturated heterocycles. The monoisotopic (exact) mass is 178 g/mol. The number of ether oxygens (including phenoxy) is 2. The van der Waals surface area contributed by atoms with Gasteiger partial charge in [-0.3, -0.25) is 0 Å². The van der Waals surface area contributed by atoms with Crippen LogP contribution in [0, 0.1) is 0 Å². The van der Waals surface area contributed by atoms with Crippen molar-refractivity contribution >= 4 is 5.97 Å². The molecular weight excluding hydrogens is 168 g/mol. The Morgan fingerprint density at radius 1 is 1.31 bits per heavy atom. The number of benzene rings is 1. The molecule has 1 atom stereocenters. The second-order valence-electron chi connectivity index (χ2n) is 3.07. The van der Waals surface area contributed by atoms with Gasteiger partial charge in [0, 0.05) is 12.5 Å². The van der Waals surface area contributed by atoms with Crippen molar-refractivity contribution in [1.29, 1.82) is 0 Å². The Kier molecular flexibility index (Phi) is 1.81. The highest BCUT2D eigenvalue weighted by Crippen LogP contribution is 2.30. The summed E-state index contributed by atoms with van der Waals surface area (Å²) in [6.07, 6.45) is 0. The normalized spacial score (nSPS) is 27.3. The number of cyclic esters (lactones) is 1. The predicted molar refractivity (Wildman–Crippen MR) is 45.8 cm³/mol. The molecule has 0 radical (unpaired) electrons. The molecule has 1 heterocycles. The quantitative estimate of drug-likeness (QED) is 0.610. The van der Waals surface area contributed by atoms with Crippen molar-refractivity contribution in [2.75, 3.05) is 6.61 Å². The minimum absolute atomic E-state index is 0.0331. The van der Waals surface area contributed by atoms with Gasteiger partial charge in [0.25, 0.3) is 0 Å². The van der Waals surface area contributed by atoms with E-state index in [9.17, 15) is 4.79 Å². The molecule has 0 aromatic heterocycles. The summed E-state index contributed by atoms with van der Waals surface area (Å²) in [6, 6.07) is 9.42. The van der Waals surface area contributed by atoms with E-state index >= 15 is 0 Å². The number of hydrogen-bond donors (Lipinski definition) is 0. The van der Waals surface area contributed by atoms with Gasteiger partial charge in [-0.1, -0.05) is 30.3 Å². The fourth-order valence-corrected chi connectivity index (χ4v) is 1.36. The van der Waals surface area contributed by atoms with Crippen LogP contribution in [-0.4, -0.2) is 12.6 Å². The van der Waals surface area contributed by atoms with Crippen LogP contribution in [0.5, 0.6) is 0 Å². The van der Waals surface area contributed by atoms with E-state index in [0.29, 0.717) is 0 Å². The molecule has 1 aromatic carbocycles. The van der Waals surface area contributed by atoms with Crippen molar-refractivity contribution in [2.45, 2.75) is 12.7 Å². The van der Waals surface area contributed by atoms with E-state index in [2.05, 4.69) is 0 Å². The summed E-state index contributed by atoms with van der Waals surface area (Å²) in [6.45, 7) is 1.78. The summed E-state index contributed by atoms with van der Waals surface area (Å²) in [4.78, 5) is 10.9. The van der Waals surface area contributed by atoms with Crippen molar-refractivity contribution in [2.24, 2.45) is 0 Å². The molecule has 0 bridgehead atoms. The molecule has 1 aliphatic heterocycles. The van der Waals surface area contributed by atoms with E-state index in [0.717, 1.165) is 5.56 Å². The Morgan fingerprint density at radius 3 is 2.54 bits per heavy atom. The van der Waals surface area contributed by atoms with Crippen molar-refractivity contribution in [3.05, 3.63) is 35.9 Å². The number of carbonyl (C=O) groups is 1. The molecule has 0 aliphatic carbocycles. The summed E-state index contributed by atoms with van der Waals surface area (Å²) in [5.41, 5.74) is 0.862. The molecule has 1 aliphatic rings. The zero-order chi connectivity index (χ0) is 9.31. The largest absolute Gasteiger partial charge is 0.427 e. The van der Waals surface area contributed by atoms with E-state index in [4.69, 9.17) is 9.47 Å². The molecule has 1 aromatic rings. The number of rotatable bonds is 1. The molecule has 3 heteroatoms. The minimum Gasteiger partial charge on any atom is -0.427 e. The highest BCUT2D eigenvalue weighted by molar-refractivity contribution is 5.72. The zero-order valence-electron chi connectivity index (χ0n) is 7.32. The first-order chi connectivity index (χ1) is 6.21. The number of esters is 1. The molecule has 2 rings (SSSR count). The average Bonchev–Trinajstić information content (AvgIpc) is 2.49. The maximum absolute atomic E-state index is 10.9. The first-order valence-electron chi connectivity index (χ1n) is 4.12. The lowest BCUT2D eigenvalue weighted by Gasteiger charge is -2.21. The number of carbonyl (C=O) groups excluding carboxylic acids is 1. The Morgan fingerprint density at radius 2 is 2.00 bits per heavy atom. The topological polar surface area (TPSA) is 35.5 Å². The fraction of sp³-hybridized carbons (Fsp3) is 0.300. The summed E-state index contributed by atoms with van der Waals surface area (Å²) in [7, 11) is 0. The Labute approximate surface area is 76.3 Å². The summed E-state index contributed by atoms with van der Waals surface area (Å²) >= 11 is 0. The highest BCUT2D eigenvalue weighted by atomic mass is 16.8. The van der Waals surface area contributed by atoms with Gasteiger partial charge in [-0.25, -0.2) is 4.79 Å². The third kappa shape index (κ3) is 1.42. The van der Waals surface area contributed by atoms with Gasteiger partial charge < -0.3 is 9.47 Å². The van der Waals surface area contributed by atoms with E-state index in [1.807, 2.05) is 30.3 Å². The Hall–Kier alpha value is -1.35. The first-order valence-corrected chi connectivity index (χ1v) is 4.12. The molecule has 0 saturated carbocycles. The summed E-state index contributed by atoms with van der Waals surface area (Å²) in [5, 5.41) is 0. The van der Waals surface area contributed by atoms with Crippen molar-refractivity contribution in [3.8, 4) is 0 Å². The van der Waals surface area contributed by atoms with Gasteiger partial charge in [0.15, 0.2) is 0 Å². The lowest BCUT2D eigenvalue weighted by atomic mass is 10.1. The third-order valence-corrected chi connectivity index (χ3v) is 2.07. The van der Waals surface area contributed by atoms with Crippen molar-refractivity contribution in [3.63, 3.8) is 0 Å². The number of hydrogen-bond acceptors (Lipinski definition) is 3. The van der Waals surface area contributed by atoms with E-state index in [-0.39, 0.29) is 12.6 Å². The molecule has 0 amide bonds. The van der Waals surface area contributed by atoms with Gasteiger partial charge in [-0.2, -0.15) is 0 Å². The van der Waals surface area contributed by atoms with Gasteiger partial charge in [0.2, 0.25) is 5.79 Å². The third-order valence-electron chi connectivity index (χ3n) is 2.07. The molecule has 3 nitrogen and oxygen atoms in total. The van der Waals surface area contributed by atoms with Crippen LogP contribution in [0.3, 0.4) is 0 Å². The van der Waals surface area contributed by atoms with E-state index < -0.39 is 5.79 Å². The molecule has 13 heavy (non-hydrogen) atoms. The van der Waals surface area contributed by atoms with Gasteiger partial charge >= 0.3 is 5.97 Å². The maximum Gasteiger partial charge on any atom is 0.335 e. The van der Waals surface area contributed by atoms with Crippen LogP contribution >= 0.6 is 0 Å². The molecule has 0 spiro atoms. The van der Waals surface area contributed by atoms with Crippen LogP contribution in [0.1, 0.15) is 12.5 Å². The highest BCUT2D eigenvalue weighted by Gasteiger charge is 2.38.